The van der Waals surface area contributed by atoms with E-state index in [2.05, 4.69) is 52.0 Å². The third kappa shape index (κ3) is 5.44. The molecule has 3 nitrogen and oxygen atoms in total. The van der Waals surface area contributed by atoms with Gasteiger partial charge in [-0.3, -0.25) is 4.68 Å². The number of thioether (sulfide) groups is 1. The molecule has 2 N–H and O–H groups in total. The van der Waals surface area contributed by atoms with Crippen LogP contribution in [0.5, 0.6) is 0 Å². The molecule has 0 fully saturated rings. The first-order valence-electron chi connectivity index (χ1n) is 6.75. The average Bonchev–Trinajstić information content (AvgIpc) is 2.73. The Morgan fingerprint density at radius 1 is 1.44 bits per heavy atom. The lowest BCUT2D eigenvalue weighted by Gasteiger charge is -2.20. The molecule has 4 heteroatoms. The van der Waals surface area contributed by atoms with Crippen molar-refractivity contribution in [2.75, 3.05) is 5.75 Å². The van der Waals surface area contributed by atoms with Gasteiger partial charge >= 0.3 is 0 Å². The summed E-state index contributed by atoms with van der Waals surface area (Å²) in [6, 6.07) is 2.75. The van der Waals surface area contributed by atoms with E-state index in [-0.39, 0.29) is 10.8 Å². The van der Waals surface area contributed by atoms with E-state index in [4.69, 9.17) is 5.73 Å². The van der Waals surface area contributed by atoms with Crippen molar-refractivity contribution in [3.8, 4) is 0 Å². The molecule has 0 spiro atoms. The molecule has 0 bridgehead atoms. The maximum atomic E-state index is 6.16. The van der Waals surface area contributed by atoms with Gasteiger partial charge in [-0.15, -0.1) is 0 Å². The SMILES string of the molecule is CCC(C)n1ccc(CC(N)CSC(C)(C)C)n1. The van der Waals surface area contributed by atoms with Crippen LogP contribution in [0.3, 0.4) is 0 Å². The summed E-state index contributed by atoms with van der Waals surface area (Å²) in [5, 5.41) is 4.59. The molecule has 1 rings (SSSR count). The van der Waals surface area contributed by atoms with Crippen molar-refractivity contribution in [2.45, 2.75) is 64.3 Å². The van der Waals surface area contributed by atoms with E-state index in [1.54, 1.807) is 0 Å². The Morgan fingerprint density at radius 2 is 2.11 bits per heavy atom. The van der Waals surface area contributed by atoms with E-state index in [1.807, 2.05) is 16.4 Å². The second-order valence-electron chi connectivity index (χ2n) is 5.93. The van der Waals surface area contributed by atoms with Crippen LogP contribution in [-0.4, -0.2) is 26.3 Å². The number of hydrogen-bond donors (Lipinski definition) is 1. The fourth-order valence-corrected chi connectivity index (χ4v) is 2.44. The minimum atomic E-state index is 0.189. The molecule has 104 valence electrons. The monoisotopic (exact) mass is 269 g/mol. The number of hydrogen-bond acceptors (Lipinski definition) is 3. The summed E-state index contributed by atoms with van der Waals surface area (Å²) in [6.45, 7) is 11.0. The molecule has 0 saturated heterocycles. The fourth-order valence-electron chi connectivity index (χ4n) is 1.60. The van der Waals surface area contributed by atoms with Crippen LogP contribution in [0.15, 0.2) is 12.3 Å². The minimum absolute atomic E-state index is 0.189. The predicted molar refractivity (Wildman–Crippen MR) is 81.1 cm³/mol. The molecule has 18 heavy (non-hydrogen) atoms. The molecular formula is C14H27N3S. The van der Waals surface area contributed by atoms with Crippen LogP contribution in [-0.2, 0) is 6.42 Å². The van der Waals surface area contributed by atoms with Gasteiger partial charge in [0.2, 0.25) is 0 Å². The smallest absolute Gasteiger partial charge is 0.0640 e. The maximum absolute atomic E-state index is 6.16. The minimum Gasteiger partial charge on any atom is -0.327 e. The largest absolute Gasteiger partial charge is 0.327 e. The molecule has 1 aromatic heterocycles. The highest BCUT2D eigenvalue weighted by molar-refractivity contribution is 8.00. The van der Waals surface area contributed by atoms with Gasteiger partial charge in [-0.1, -0.05) is 27.7 Å². The first kappa shape index (κ1) is 15.6. The molecule has 2 atom stereocenters. The number of nitrogens with two attached hydrogens (primary N) is 1. The van der Waals surface area contributed by atoms with Crippen LogP contribution < -0.4 is 5.73 Å². The third-order valence-electron chi connectivity index (χ3n) is 2.91. The highest BCUT2D eigenvalue weighted by Gasteiger charge is 2.14. The van der Waals surface area contributed by atoms with Gasteiger partial charge in [-0.25, -0.2) is 0 Å². The number of rotatable bonds is 6. The van der Waals surface area contributed by atoms with Crippen molar-refractivity contribution in [1.82, 2.24) is 9.78 Å². The number of nitrogens with zero attached hydrogens (tertiary/aromatic N) is 2. The van der Waals surface area contributed by atoms with E-state index >= 15 is 0 Å². The van der Waals surface area contributed by atoms with Gasteiger partial charge in [0.25, 0.3) is 0 Å². The topological polar surface area (TPSA) is 43.8 Å². The molecule has 0 aromatic carbocycles. The van der Waals surface area contributed by atoms with Crippen molar-refractivity contribution >= 4 is 11.8 Å². The Hall–Kier alpha value is -0.480. The third-order valence-corrected chi connectivity index (χ3v) is 4.37. The number of aromatic nitrogens is 2. The first-order chi connectivity index (χ1) is 8.31. The fraction of sp³-hybridized carbons (Fsp3) is 0.786. The molecule has 2 unspecified atom stereocenters. The van der Waals surface area contributed by atoms with Gasteiger partial charge in [-0.05, 0) is 19.4 Å². The van der Waals surface area contributed by atoms with E-state index < -0.39 is 0 Å². The average molecular weight is 269 g/mol. The van der Waals surface area contributed by atoms with Gasteiger partial charge in [0.15, 0.2) is 0 Å². The van der Waals surface area contributed by atoms with Crippen molar-refractivity contribution in [1.29, 1.82) is 0 Å². The normalized spacial score (nSPS) is 15.7. The van der Waals surface area contributed by atoms with E-state index in [9.17, 15) is 0 Å². The van der Waals surface area contributed by atoms with Crippen LogP contribution in [0.1, 0.15) is 52.8 Å². The molecule has 0 radical (unpaired) electrons. The lowest BCUT2D eigenvalue weighted by molar-refractivity contribution is 0.472. The van der Waals surface area contributed by atoms with Gasteiger partial charge in [-0.2, -0.15) is 16.9 Å². The molecule has 0 saturated carbocycles. The van der Waals surface area contributed by atoms with Gasteiger partial charge in [0.05, 0.1) is 5.69 Å². The molecular weight excluding hydrogens is 242 g/mol. The Balaban J connectivity index is 2.44. The van der Waals surface area contributed by atoms with Crippen molar-refractivity contribution in [3.05, 3.63) is 18.0 Å². The molecule has 0 aliphatic heterocycles. The Bertz CT molecular complexity index is 354. The summed E-state index contributed by atoms with van der Waals surface area (Å²) in [5.41, 5.74) is 7.27. The highest BCUT2D eigenvalue weighted by atomic mass is 32.2. The second-order valence-corrected chi connectivity index (χ2v) is 7.78. The first-order valence-corrected chi connectivity index (χ1v) is 7.74. The van der Waals surface area contributed by atoms with Gasteiger partial charge in [0.1, 0.15) is 0 Å². The summed E-state index contributed by atoms with van der Waals surface area (Å²) < 4.78 is 2.33. The van der Waals surface area contributed by atoms with E-state index in [0.29, 0.717) is 6.04 Å². The zero-order valence-electron chi connectivity index (χ0n) is 12.3. The van der Waals surface area contributed by atoms with Crippen LogP contribution in [0.4, 0.5) is 0 Å². The van der Waals surface area contributed by atoms with Crippen molar-refractivity contribution < 1.29 is 0 Å². The van der Waals surface area contributed by atoms with Gasteiger partial charge in [0, 0.05) is 35.2 Å². The molecule has 0 amide bonds. The van der Waals surface area contributed by atoms with Gasteiger partial charge < -0.3 is 5.73 Å². The van der Waals surface area contributed by atoms with Crippen LogP contribution in [0, 0.1) is 0 Å². The standard InChI is InChI=1S/C14H27N3S/c1-6-11(2)17-8-7-13(16-17)9-12(15)10-18-14(3,4)5/h7-8,11-12H,6,9-10,15H2,1-5H3. The van der Waals surface area contributed by atoms with Crippen LogP contribution in [0.2, 0.25) is 0 Å². The molecule has 0 aliphatic rings. The van der Waals surface area contributed by atoms with Crippen molar-refractivity contribution in [3.63, 3.8) is 0 Å². The zero-order chi connectivity index (χ0) is 13.8. The zero-order valence-corrected chi connectivity index (χ0v) is 13.1. The van der Waals surface area contributed by atoms with E-state index in [1.165, 1.54) is 0 Å². The maximum Gasteiger partial charge on any atom is 0.0640 e. The quantitative estimate of drug-likeness (QED) is 0.862. The molecule has 1 heterocycles. The second kappa shape index (κ2) is 6.62. The summed E-state index contributed by atoms with van der Waals surface area (Å²) in [4.78, 5) is 0. The predicted octanol–water partition coefficient (Wildman–Crippen LogP) is 3.26. The van der Waals surface area contributed by atoms with E-state index in [0.717, 1.165) is 24.3 Å². The van der Waals surface area contributed by atoms with Crippen LogP contribution in [0.25, 0.3) is 0 Å². The molecule has 0 aliphatic carbocycles. The molecule has 1 aromatic rings. The highest BCUT2D eigenvalue weighted by Crippen LogP contribution is 2.23. The van der Waals surface area contributed by atoms with Crippen molar-refractivity contribution in [2.24, 2.45) is 5.73 Å². The van der Waals surface area contributed by atoms with Crippen LogP contribution >= 0.6 is 11.8 Å². The summed E-state index contributed by atoms with van der Waals surface area (Å²) in [7, 11) is 0. The lowest BCUT2D eigenvalue weighted by atomic mass is 10.2. The Morgan fingerprint density at radius 3 is 2.67 bits per heavy atom. The summed E-state index contributed by atoms with van der Waals surface area (Å²) >= 11 is 1.92. The lowest BCUT2D eigenvalue weighted by Crippen LogP contribution is -2.28. The Labute approximate surface area is 116 Å². The Kier molecular flexibility index (Phi) is 5.73. The summed E-state index contributed by atoms with van der Waals surface area (Å²) in [5.74, 6) is 0.986. The summed E-state index contributed by atoms with van der Waals surface area (Å²) in [6.07, 6.45) is 4.03.